The lowest BCUT2D eigenvalue weighted by molar-refractivity contribution is 0.0973. The Labute approximate surface area is 181 Å². The van der Waals surface area contributed by atoms with Crippen LogP contribution in [0.5, 0.6) is 5.75 Å². The van der Waals surface area contributed by atoms with Crippen LogP contribution < -0.4 is 15.4 Å². The molecule has 2 aromatic carbocycles. The number of aryl methyl sites for hydroxylation is 2. The van der Waals surface area contributed by atoms with Gasteiger partial charge in [-0.3, -0.25) is 10.1 Å². The Morgan fingerprint density at radius 2 is 1.86 bits per heavy atom. The molecular formula is C22H27BrN2O2S. The molecule has 2 aromatic rings. The topological polar surface area (TPSA) is 50.4 Å². The molecule has 1 amide bonds. The monoisotopic (exact) mass is 462 g/mol. The zero-order valence-electron chi connectivity index (χ0n) is 16.6. The first-order chi connectivity index (χ1) is 13.4. The van der Waals surface area contributed by atoms with Crippen LogP contribution in [-0.4, -0.2) is 17.6 Å². The summed E-state index contributed by atoms with van der Waals surface area (Å²) in [6.07, 6.45) is 4.46. The molecule has 2 rings (SSSR count). The minimum Gasteiger partial charge on any atom is -0.493 e. The molecule has 0 aliphatic carbocycles. The average molecular weight is 463 g/mol. The van der Waals surface area contributed by atoms with Crippen molar-refractivity contribution in [3.05, 3.63) is 57.6 Å². The standard InChI is InChI=1S/C22H27BrN2O2S/c1-4-5-6-7-12-27-20-11-9-17(23)14-19(20)21(26)25-22(28)24-18-10-8-15(2)16(3)13-18/h8-11,13-14H,4-7,12H2,1-3H3,(H2,24,25,26,28). The van der Waals surface area contributed by atoms with Gasteiger partial charge in [0.05, 0.1) is 12.2 Å². The van der Waals surface area contributed by atoms with E-state index >= 15 is 0 Å². The van der Waals surface area contributed by atoms with Crippen LogP contribution in [0.25, 0.3) is 0 Å². The van der Waals surface area contributed by atoms with Gasteiger partial charge in [0, 0.05) is 10.2 Å². The van der Waals surface area contributed by atoms with Gasteiger partial charge in [0.2, 0.25) is 0 Å². The van der Waals surface area contributed by atoms with Gasteiger partial charge in [-0.1, -0.05) is 48.2 Å². The smallest absolute Gasteiger partial charge is 0.261 e. The van der Waals surface area contributed by atoms with Crippen LogP contribution in [0.3, 0.4) is 0 Å². The van der Waals surface area contributed by atoms with Gasteiger partial charge < -0.3 is 10.1 Å². The largest absolute Gasteiger partial charge is 0.493 e. The molecule has 0 aliphatic heterocycles. The molecule has 28 heavy (non-hydrogen) atoms. The number of hydrogen-bond acceptors (Lipinski definition) is 3. The van der Waals surface area contributed by atoms with Crippen LogP contribution in [0.15, 0.2) is 40.9 Å². The highest BCUT2D eigenvalue weighted by Gasteiger charge is 2.15. The van der Waals surface area contributed by atoms with E-state index in [1.807, 2.05) is 31.2 Å². The maximum atomic E-state index is 12.7. The lowest BCUT2D eigenvalue weighted by Gasteiger charge is -2.14. The molecule has 0 radical (unpaired) electrons. The number of ether oxygens (including phenoxy) is 1. The lowest BCUT2D eigenvalue weighted by Crippen LogP contribution is -2.34. The first kappa shape index (κ1) is 22.4. The highest BCUT2D eigenvalue weighted by Crippen LogP contribution is 2.24. The molecule has 0 saturated heterocycles. The highest BCUT2D eigenvalue weighted by atomic mass is 79.9. The maximum absolute atomic E-state index is 12.7. The minimum atomic E-state index is -0.300. The van der Waals surface area contributed by atoms with Crippen molar-refractivity contribution < 1.29 is 9.53 Å². The van der Waals surface area contributed by atoms with Crippen LogP contribution >= 0.6 is 28.1 Å². The summed E-state index contributed by atoms with van der Waals surface area (Å²) in [5.41, 5.74) is 3.66. The van der Waals surface area contributed by atoms with Gasteiger partial charge in [-0.25, -0.2) is 0 Å². The summed E-state index contributed by atoms with van der Waals surface area (Å²) in [5.74, 6) is 0.261. The number of hydrogen-bond donors (Lipinski definition) is 2. The summed E-state index contributed by atoms with van der Waals surface area (Å²) in [4.78, 5) is 12.7. The van der Waals surface area contributed by atoms with E-state index in [0.717, 1.165) is 28.6 Å². The fourth-order valence-corrected chi connectivity index (χ4v) is 3.24. The van der Waals surface area contributed by atoms with Gasteiger partial charge in [0.1, 0.15) is 5.75 Å². The number of amides is 1. The molecule has 2 N–H and O–H groups in total. The van der Waals surface area contributed by atoms with E-state index in [2.05, 4.69) is 40.4 Å². The lowest BCUT2D eigenvalue weighted by atomic mass is 10.1. The Hall–Kier alpha value is -1.92. The molecule has 0 unspecified atom stereocenters. The van der Waals surface area contributed by atoms with Crippen LogP contribution in [-0.2, 0) is 0 Å². The SMILES string of the molecule is CCCCCCOc1ccc(Br)cc1C(=O)NC(=S)Nc1ccc(C)c(C)c1. The van der Waals surface area contributed by atoms with E-state index < -0.39 is 0 Å². The number of carbonyl (C=O) groups excluding carboxylic acids is 1. The van der Waals surface area contributed by atoms with Gasteiger partial charge in [-0.05, 0) is 73.9 Å². The first-order valence-electron chi connectivity index (χ1n) is 9.52. The number of halogens is 1. The second kappa shape index (κ2) is 11.2. The second-order valence-electron chi connectivity index (χ2n) is 6.76. The molecule has 4 nitrogen and oxygen atoms in total. The van der Waals surface area contributed by atoms with Crippen LogP contribution in [0.2, 0.25) is 0 Å². The Kier molecular flexibility index (Phi) is 8.93. The third-order valence-corrected chi connectivity index (χ3v) is 5.13. The van der Waals surface area contributed by atoms with Crippen molar-refractivity contribution in [3.63, 3.8) is 0 Å². The highest BCUT2D eigenvalue weighted by molar-refractivity contribution is 9.10. The number of benzene rings is 2. The predicted molar refractivity (Wildman–Crippen MR) is 123 cm³/mol. The number of unbranched alkanes of at least 4 members (excludes halogenated alkanes) is 3. The third kappa shape index (κ3) is 6.91. The van der Waals surface area contributed by atoms with Crippen LogP contribution in [0.1, 0.15) is 54.1 Å². The van der Waals surface area contributed by atoms with Crippen molar-refractivity contribution in [1.82, 2.24) is 5.32 Å². The number of anilines is 1. The van der Waals surface area contributed by atoms with Gasteiger partial charge in [0.15, 0.2) is 5.11 Å². The van der Waals surface area contributed by atoms with Gasteiger partial charge in [0.25, 0.3) is 5.91 Å². The normalized spacial score (nSPS) is 10.4. The molecule has 0 saturated carbocycles. The van der Waals surface area contributed by atoms with E-state index in [4.69, 9.17) is 17.0 Å². The minimum absolute atomic E-state index is 0.252. The Bertz CT molecular complexity index is 839. The predicted octanol–water partition coefficient (Wildman–Crippen LogP) is 6.15. The van der Waals surface area contributed by atoms with E-state index in [0.29, 0.717) is 17.9 Å². The first-order valence-corrected chi connectivity index (χ1v) is 10.7. The van der Waals surface area contributed by atoms with E-state index in [1.54, 1.807) is 12.1 Å². The number of carbonyl (C=O) groups is 1. The van der Waals surface area contributed by atoms with Crippen LogP contribution in [0, 0.1) is 13.8 Å². The molecule has 0 bridgehead atoms. The summed E-state index contributed by atoms with van der Waals surface area (Å²) in [6.45, 7) is 6.85. The number of rotatable bonds is 8. The van der Waals surface area contributed by atoms with E-state index in [-0.39, 0.29) is 11.0 Å². The third-order valence-electron chi connectivity index (χ3n) is 4.43. The number of nitrogens with one attached hydrogen (secondary N) is 2. The fourth-order valence-electron chi connectivity index (χ4n) is 2.67. The molecule has 0 spiro atoms. The maximum Gasteiger partial charge on any atom is 0.261 e. The zero-order chi connectivity index (χ0) is 20.5. The van der Waals surface area contributed by atoms with Gasteiger partial charge in [-0.15, -0.1) is 0 Å². The fraction of sp³-hybridized carbons (Fsp3) is 0.364. The van der Waals surface area contributed by atoms with E-state index in [9.17, 15) is 4.79 Å². The van der Waals surface area contributed by atoms with Gasteiger partial charge >= 0.3 is 0 Å². The second-order valence-corrected chi connectivity index (χ2v) is 8.08. The van der Waals surface area contributed by atoms with E-state index in [1.165, 1.54) is 18.4 Å². The Balaban J connectivity index is 2.00. The van der Waals surface area contributed by atoms with Crippen molar-refractivity contribution in [2.45, 2.75) is 46.5 Å². The summed E-state index contributed by atoms with van der Waals surface area (Å²) in [6, 6.07) is 11.4. The number of thiocarbonyl (C=S) groups is 1. The summed E-state index contributed by atoms with van der Waals surface area (Å²) in [7, 11) is 0. The molecule has 6 heteroatoms. The quantitative estimate of drug-likeness (QED) is 0.364. The molecule has 150 valence electrons. The van der Waals surface area contributed by atoms with Crippen molar-refractivity contribution in [1.29, 1.82) is 0 Å². The van der Waals surface area contributed by atoms with Crippen molar-refractivity contribution in [2.75, 3.05) is 11.9 Å². The molecule has 0 aromatic heterocycles. The van der Waals surface area contributed by atoms with Crippen LogP contribution in [0.4, 0.5) is 5.69 Å². The average Bonchev–Trinajstić information content (AvgIpc) is 2.65. The molecule has 0 aliphatic rings. The van der Waals surface area contributed by atoms with Gasteiger partial charge in [-0.2, -0.15) is 0 Å². The van der Waals surface area contributed by atoms with Crippen molar-refractivity contribution in [2.24, 2.45) is 0 Å². The Morgan fingerprint density at radius 1 is 1.07 bits per heavy atom. The van der Waals surface area contributed by atoms with Crippen molar-refractivity contribution in [3.8, 4) is 5.75 Å². The van der Waals surface area contributed by atoms with Crippen molar-refractivity contribution >= 4 is 44.9 Å². The molecular weight excluding hydrogens is 436 g/mol. The molecule has 0 atom stereocenters. The summed E-state index contributed by atoms with van der Waals surface area (Å²) < 4.78 is 6.65. The summed E-state index contributed by atoms with van der Waals surface area (Å²) in [5, 5.41) is 6.05. The summed E-state index contributed by atoms with van der Waals surface area (Å²) >= 11 is 8.72. The Morgan fingerprint density at radius 3 is 2.57 bits per heavy atom. The molecule has 0 fully saturated rings. The molecule has 0 heterocycles. The zero-order valence-corrected chi connectivity index (χ0v) is 19.0.